The monoisotopic (exact) mass is 415 g/mol. The Morgan fingerprint density at radius 1 is 1.12 bits per heavy atom. The lowest BCUT2D eigenvalue weighted by Crippen LogP contribution is -2.29. The van der Waals surface area contributed by atoms with Crippen LogP contribution in [0.4, 0.5) is 5.69 Å². The van der Waals surface area contributed by atoms with Crippen molar-refractivity contribution in [2.45, 2.75) is 20.0 Å². The van der Waals surface area contributed by atoms with Crippen LogP contribution in [0.3, 0.4) is 0 Å². The number of esters is 1. The molecule has 0 aromatic heterocycles. The summed E-state index contributed by atoms with van der Waals surface area (Å²) in [5.74, 6) is -1.19. The Balaban J connectivity index is 1.91. The van der Waals surface area contributed by atoms with E-state index in [1.165, 1.54) is 19.9 Å². The molecule has 5 nitrogen and oxygen atoms in total. The van der Waals surface area contributed by atoms with Gasteiger partial charge in [0.2, 0.25) is 0 Å². The minimum atomic E-state index is -0.974. The van der Waals surface area contributed by atoms with E-state index in [-0.39, 0.29) is 5.78 Å². The smallest absolute Gasteiger partial charge is 0.331 e. The zero-order valence-corrected chi connectivity index (χ0v) is 15.9. The van der Waals surface area contributed by atoms with E-state index >= 15 is 0 Å². The number of halogens is 1. The molecule has 2 aromatic rings. The number of carbonyl (C=O) groups excluding carboxylic acids is 3. The van der Waals surface area contributed by atoms with Gasteiger partial charge in [0.15, 0.2) is 11.9 Å². The number of amides is 1. The van der Waals surface area contributed by atoms with Gasteiger partial charge in [0.1, 0.15) is 0 Å². The van der Waals surface area contributed by atoms with E-state index in [1.54, 1.807) is 30.3 Å². The number of benzene rings is 2. The number of Topliss-reactive ketones (excluding diaryl/α,β-unsaturated/α-hetero) is 1. The number of rotatable bonds is 6. The van der Waals surface area contributed by atoms with Crippen LogP contribution in [0.5, 0.6) is 0 Å². The third-order valence-electron chi connectivity index (χ3n) is 3.48. The molecule has 6 heteroatoms. The SMILES string of the molecule is CC(=O)c1cccc(NC(=O)[C@H](C)OC(=O)/C=C/c2ccc(Br)cc2)c1. The van der Waals surface area contributed by atoms with Gasteiger partial charge in [-0.3, -0.25) is 9.59 Å². The van der Waals surface area contributed by atoms with Crippen LogP contribution < -0.4 is 5.32 Å². The molecule has 0 radical (unpaired) electrons. The second-order valence-corrected chi connectivity index (χ2v) is 6.51. The third kappa shape index (κ3) is 5.97. The standard InChI is InChI=1S/C20H18BrNO4/c1-13(23)16-4-3-5-18(12-16)22-20(25)14(2)26-19(24)11-8-15-6-9-17(21)10-7-15/h3-12,14H,1-2H3,(H,22,25)/b11-8+/t14-/m0/s1. The van der Waals surface area contributed by atoms with Crippen LogP contribution in [-0.2, 0) is 14.3 Å². The highest BCUT2D eigenvalue weighted by molar-refractivity contribution is 9.10. The van der Waals surface area contributed by atoms with Gasteiger partial charge < -0.3 is 10.1 Å². The van der Waals surface area contributed by atoms with Gasteiger partial charge in [0.25, 0.3) is 5.91 Å². The Bertz CT molecular complexity index is 843. The van der Waals surface area contributed by atoms with Crippen LogP contribution in [0.2, 0.25) is 0 Å². The van der Waals surface area contributed by atoms with Crippen molar-refractivity contribution < 1.29 is 19.1 Å². The first-order valence-corrected chi connectivity index (χ1v) is 8.70. The topological polar surface area (TPSA) is 72.5 Å². The predicted molar refractivity (Wildman–Crippen MR) is 104 cm³/mol. The molecule has 1 N–H and O–H groups in total. The molecule has 1 atom stereocenters. The van der Waals surface area contributed by atoms with Crippen LogP contribution in [0.1, 0.15) is 29.8 Å². The van der Waals surface area contributed by atoms with E-state index in [0.717, 1.165) is 10.0 Å². The lowest BCUT2D eigenvalue weighted by Gasteiger charge is -2.12. The van der Waals surface area contributed by atoms with Crippen molar-refractivity contribution in [2.75, 3.05) is 5.32 Å². The summed E-state index contributed by atoms with van der Waals surface area (Å²) in [7, 11) is 0. The van der Waals surface area contributed by atoms with Crippen LogP contribution in [-0.4, -0.2) is 23.8 Å². The molecule has 2 aromatic carbocycles. The highest BCUT2D eigenvalue weighted by atomic mass is 79.9. The first kappa shape index (κ1) is 19.6. The molecule has 0 saturated heterocycles. The Morgan fingerprint density at radius 3 is 2.46 bits per heavy atom. The maximum absolute atomic E-state index is 12.1. The molecule has 0 aliphatic heterocycles. The van der Waals surface area contributed by atoms with Crippen molar-refractivity contribution in [1.82, 2.24) is 0 Å². The fourth-order valence-electron chi connectivity index (χ4n) is 2.07. The number of ether oxygens (including phenoxy) is 1. The van der Waals surface area contributed by atoms with Crippen molar-refractivity contribution in [3.8, 4) is 0 Å². The number of hydrogen-bond acceptors (Lipinski definition) is 4. The van der Waals surface area contributed by atoms with E-state index in [9.17, 15) is 14.4 Å². The zero-order valence-electron chi connectivity index (χ0n) is 14.4. The molecule has 0 aliphatic carbocycles. The number of nitrogens with one attached hydrogen (secondary N) is 1. The fourth-order valence-corrected chi connectivity index (χ4v) is 2.33. The summed E-state index contributed by atoms with van der Waals surface area (Å²) in [5.41, 5.74) is 1.80. The Hall–Kier alpha value is -2.73. The summed E-state index contributed by atoms with van der Waals surface area (Å²) in [5, 5.41) is 2.62. The van der Waals surface area contributed by atoms with E-state index in [4.69, 9.17) is 4.74 Å². The highest BCUT2D eigenvalue weighted by Gasteiger charge is 2.17. The normalized spacial score (nSPS) is 11.8. The van der Waals surface area contributed by atoms with Gasteiger partial charge >= 0.3 is 5.97 Å². The molecule has 0 heterocycles. The van der Waals surface area contributed by atoms with E-state index in [2.05, 4.69) is 21.2 Å². The summed E-state index contributed by atoms with van der Waals surface area (Å²) in [6.45, 7) is 2.93. The second-order valence-electron chi connectivity index (χ2n) is 5.59. The number of carbonyl (C=O) groups is 3. The first-order chi connectivity index (χ1) is 12.3. The lowest BCUT2D eigenvalue weighted by atomic mass is 10.1. The summed E-state index contributed by atoms with van der Waals surface area (Å²) in [6.07, 6.45) is 1.90. The molecule has 0 saturated carbocycles. The zero-order chi connectivity index (χ0) is 19.1. The van der Waals surface area contributed by atoms with Crippen molar-refractivity contribution in [3.05, 3.63) is 70.2 Å². The number of anilines is 1. The van der Waals surface area contributed by atoms with Gasteiger partial charge in [-0.25, -0.2) is 4.79 Å². The molecule has 26 heavy (non-hydrogen) atoms. The minimum Gasteiger partial charge on any atom is -0.449 e. The average Bonchev–Trinajstić information content (AvgIpc) is 2.61. The van der Waals surface area contributed by atoms with Crippen molar-refractivity contribution in [2.24, 2.45) is 0 Å². The van der Waals surface area contributed by atoms with Crippen molar-refractivity contribution >= 4 is 45.4 Å². The molecule has 1 amide bonds. The lowest BCUT2D eigenvalue weighted by molar-refractivity contribution is -0.148. The fraction of sp³-hybridized carbons (Fsp3) is 0.150. The van der Waals surface area contributed by atoms with E-state index in [1.807, 2.05) is 24.3 Å². The molecular formula is C20H18BrNO4. The highest BCUT2D eigenvalue weighted by Crippen LogP contribution is 2.13. The Kier molecular flexibility index (Phi) is 6.86. The van der Waals surface area contributed by atoms with E-state index < -0.39 is 18.0 Å². The molecular weight excluding hydrogens is 398 g/mol. The van der Waals surface area contributed by atoms with Crippen LogP contribution in [0, 0.1) is 0 Å². The summed E-state index contributed by atoms with van der Waals surface area (Å²) < 4.78 is 6.03. The number of hydrogen-bond donors (Lipinski definition) is 1. The van der Waals surface area contributed by atoms with Crippen molar-refractivity contribution in [1.29, 1.82) is 0 Å². The van der Waals surface area contributed by atoms with Crippen LogP contribution >= 0.6 is 15.9 Å². The van der Waals surface area contributed by atoms with Gasteiger partial charge in [-0.1, -0.05) is 40.2 Å². The van der Waals surface area contributed by atoms with Gasteiger partial charge in [0, 0.05) is 21.8 Å². The van der Waals surface area contributed by atoms with Crippen molar-refractivity contribution in [3.63, 3.8) is 0 Å². The van der Waals surface area contributed by atoms with Gasteiger partial charge in [-0.2, -0.15) is 0 Å². The molecule has 0 spiro atoms. The molecule has 0 bridgehead atoms. The second kappa shape index (κ2) is 9.10. The summed E-state index contributed by atoms with van der Waals surface area (Å²) in [4.78, 5) is 35.4. The molecule has 2 rings (SSSR count). The predicted octanol–water partition coefficient (Wildman–Crippen LogP) is 4.24. The van der Waals surface area contributed by atoms with Gasteiger partial charge in [-0.05, 0) is 49.8 Å². The molecule has 0 unspecified atom stereocenters. The summed E-state index contributed by atoms with van der Waals surface area (Å²) in [6, 6.07) is 14.0. The van der Waals surface area contributed by atoms with Crippen LogP contribution in [0.15, 0.2) is 59.1 Å². The van der Waals surface area contributed by atoms with Gasteiger partial charge in [-0.15, -0.1) is 0 Å². The Labute approximate surface area is 160 Å². The maximum Gasteiger partial charge on any atom is 0.331 e. The first-order valence-electron chi connectivity index (χ1n) is 7.91. The molecule has 0 fully saturated rings. The van der Waals surface area contributed by atoms with E-state index in [0.29, 0.717) is 11.3 Å². The third-order valence-corrected chi connectivity index (χ3v) is 4.01. The quantitative estimate of drug-likeness (QED) is 0.435. The molecule has 0 aliphatic rings. The number of ketones is 1. The average molecular weight is 416 g/mol. The molecule has 134 valence electrons. The van der Waals surface area contributed by atoms with Gasteiger partial charge in [0.05, 0.1) is 0 Å². The minimum absolute atomic E-state index is 0.0985. The largest absolute Gasteiger partial charge is 0.449 e. The summed E-state index contributed by atoms with van der Waals surface area (Å²) >= 11 is 3.33. The maximum atomic E-state index is 12.1. The van der Waals surface area contributed by atoms with Crippen LogP contribution in [0.25, 0.3) is 6.08 Å². The Morgan fingerprint density at radius 2 is 1.81 bits per heavy atom.